The summed E-state index contributed by atoms with van der Waals surface area (Å²) >= 11 is 1.76. The number of rotatable bonds is 3. The van der Waals surface area contributed by atoms with E-state index in [1.54, 1.807) is 11.3 Å². The molecule has 0 radical (unpaired) electrons. The molecule has 2 aromatic heterocycles. The van der Waals surface area contributed by atoms with E-state index in [4.69, 9.17) is 9.40 Å². The fourth-order valence-corrected chi connectivity index (χ4v) is 6.45. The van der Waals surface area contributed by atoms with Crippen molar-refractivity contribution in [1.82, 2.24) is 4.98 Å². The first-order valence-corrected chi connectivity index (χ1v) is 13.4. The number of nitrogens with zero attached hydrogens (tertiary/aromatic N) is 1. The van der Waals surface area contributed by atoms with E-state index in [1.807, 2.05) is 12.1 Å². The van der Waals surface area contributed by atoms with Gasteiger partial charge in [-0.05, 0) is 61.2 Å². The zero-order chi connectivity index (χ0) is 25.1. The molecule has 2 heterocycles. The average molecular weight is 496 g/mol. The van der Waals surface area contributed by atoms with E-state index in [2.05, 4.69) is 106 Å². The van der Waals surface area contributed by atoms with Gasteiger partial charge in [0.15, 0.2) is 0 Å². The fourth-order valence-electron chi connectivity index (χ4n) is 5.32. The third kappa shape index (κ3) is 3.58. The molecule has 0 N–H and O–H groups in total. The van der Waals surface area contributed by atoms with Gasteiger partial charge in [-0.1, -0.05) is 84.4 Å². The normalized spacial score (nSPS) is 11.6. The number of hydrogen-bond donors (Lipinski definition) is 0. The van der Waals surface area contributed by atoms with Crippen molar-refractivity contribution >= 4 is 43.5 Å². The molecule has 0 saturated heterocycles. The average Bonchev–Trinajstić information content (AvgIpc) is 3.51. The second-order valence-corrected chi connectivity index (χ2v) is 10.8. The topological polar surface area (TPSA) is 26.0 Å². The Hall–Kier alpha value is -4.21. The number of aryl methyl sites for hydroxylation is 3. The lowest BCUT2D eigenvalue weighted by molar-refractivity contribution is 0.670. The molecule has 7 aromatic rings. The molecule has 178 valence electrons. The summed E-state index contributed by atoms with van der Waals surface area (Å²) < 4.78 is 7.64. The number of hydrogen-bond acceptors (Lipinski definition) is 3. The molecule has 0 unspecified atom stereocenters. The minimum absolute atomic E-state index is 0.908. The largest absolute Gasteiger partial charge is 0.455 e. The van der Waals surface area contributed by atoms with Crippen LogP contribution < -0.4 is 0 Å². The molecule has 0 aliphatic rings. The van der Waals surface area contributed by atoms with Gasteiger partial charge < -0.3 is 4.42 Å². The van der Waals surface area contributed by atoms with Crippen molar-refractivity contribution in [3.63, 3.8) is 0 Å². The van der Waals surface area contributed by atoms with E-state index < -0.39 is 0 Å². The van der Waals surface area contributed by atoms with Gasteiger partial charge in [0, 0.05) is 27.5 Å². The molecule has 0 aliphatic carbocycles. The van der Waals surface area contributed by atoms with E-state index in [0.29, 0.717) is 0 Å². The van der Waals surface area contributed by atoms with Crippen LogP contribution in [0, 0.1) is 20.8 Å². The Bertz CT molecular complexity index is 1970. The maximum Gasteiger partial charge on any atom is 0.143 e. The summed E-state index contributed by atoms with van der Waals surface area (Å²) in [5, 5.41) is 3.32. The third-order valence-corrected chi connectivity index (χ3v) is 8.30. The number of aromatic nitrogens is 1. The summed E-state index contributed by atoms with van der Waals surface area (Å²) in [5.41, 5.74) is 12.4. The number of fused-ring (bicyclic) bond motifs is 4. The van der Waals surface area contributed by atoms with Gasteiger partial charge >= 0.3 is 0 Å². The van der Waals surface area contributed by atoms with Gasteiger partial charge in [0.1, 0.15) is 16.2 Å². The monoisotopic (exact) mass is 495 g/mol. The Labute approximate surface area is 219 Å². The Morgan fingerprint density at radius 3 is 2.27 bits per heavy atom. The molecule has 0 amide bonds. The van der Waals surface area contributed by atoms with Crippen LogP contribution >= 0.6 is 11.3 Å². The molecular weight excluding hydrogens is 470 g/mol. The lowest BCUT2D eigenvalue weighted by Gasteiger charge is -2.11. The van der Waals surface area contributed by atoms with Gasteiger partial charge in [-0.3, -0.25) is 0 Å². The highest BCUT2D eigenvalue weighted by Gasteiger charge is 2.19. The van der Waals surface area contributed by atoms with Crippen LogP contribution in [0.3, 0.4) is 0 Å². The smallest absolute Gasteiger partial charge is 0.143 e. The minimum Gasteiger partial charge on any atom is -0.455 e. The van der Waals surface area contributed by atoms with Crippen molar-refractivity contribution in [3.05, 3.63) is 114 Å². The molecule has 0 atom stereocenters. The fraction of sp³-hybridized carbons (Fsp3) is 0.0882. The first-order valence-electron chi connectivity index (χ1n) is 12.6. The highest BCUT2D eigenvalue weighted by Crippen LogP contribution is 2.43. The van der Waals surface area contributed by atoms with Crippen LogP contribution in [-0.2, 0) is 0 Å². The third-order valence-electron chi connectivity index (χ3n) is 7.27. The molecule has 2 nitrogen and oxygen atoms in total. The number of para-hydroxylation sites is 2. The van der Waals surface area contributed by atoms with Gasteiger partial charge in [0.05, 0.1) is 10.2 Å². The Morgan fingerprint density at radius 2 is 1.38 bits per heavy atom. The maximum atomic E-state index is 6.46. The molecule has 0 spiro atoms. The summed E-state index contributed by atoms with van der Waals surface area (Å²) in [6.07, 6.45) is 0. The lowest BCUT2D eigenvalue weighted by Crippen LogP contribution is -1.88. The first-order chi connectivity index (χ1) is 18.1. The molecule has 0 aliphatic heterocycles. The van der Waals surface area contributed by atoms with Gasteiger partial charge in [-0.25, -0.2) is 4.98 Å². The Kier molecular flexibility index (Phi) is 5.02. The van der Waals surface area contributed by atoms with Crippen LogP contribution in [-0.4, -0.2) is 4.98 Å². The summed E-state index contributed by atoms with van der Waals surface area (Å²) in [7, 11) is 0. The second kappa shape index (κ2) is 8.43. The zero-order valence-electron chi connectivity index (χ0n) is 21.0. The first kappa shape index (κ1) is 22.0. The van der Waals surface area contributed by atoms with Crippen LogP contribution in [0.25, 0.3) is 65.0 Å². The van der Waals surface area contributed by atoms with Crippen molar-refractivity contribution in [2.45, 2.75) is 20.8 Å². The van der Waals surface area contributed by atoms with E-state index in [9.17, 15) is 0 Å². The van der Waals surface area contributed by atoms with Gasteiger partial charge in [-0.2, -0.15) is 0 Å². The predicted molar refractivity (Wildman–Crippen MR) is 157 cm³/mol. The van der Waals surface area contributed by atoms with Gasteiger partial charge in [-0.15, -0.1) is 11.3 Å². The molecule has 0 saturated carbocycles. The molecule has 5 aromatic carbocycles. The summed E-state index contributed by atoms with van der Waals surface area (Å²) in [6.45, 7) is 6.49. The highest BCUT2D eigenvalue weighted by atomic mass is 32.1. The van der Waals surface area contributed by atoms with Gasteiger partial charge in [0.25, 0.3) is 0 Å². The SMILES string of the molecule is Cc1ccc(C)c(-c2cc(-c3cccc4c3oc3ccccc34)c3nc(-c4ccccc4C)sc3c2)c1. The molecule has 0 bridgehead atoms. The van der Waals surface area contributed by atoms with Crippen LogP contribution in [0.5, 0.6) is 0 Å². The number of benzene rings is 5. The van der Waals surface area contributed by atoms with Crippen molar-refractivity contribution in [3.8, 4) is 32.8 Å². The lowest BCUT2D eigenvalue weighted by atomic mass is 9.94. The van der Waals surface area contributed by atoms with Crippen molar-refractivity contribution in [2.24, 2.45) is 0 Å². The maximum absolute atomic E-state index is 6.46. The number of thiazole rings is 1. The minimum atomic E-state index is 0.908. The van der Waals surface area contributed by atoms with Crippen molar-refractivity contribution in [2.75, 3.05) is 0 Å². The number of furan rings is 1. The van der Waals surface area contributed by atoms with Crippen LogP contribution in [0.2, 0.25) is 0 Å². The summed E-state index contributed by atoms with van der Waals surface area (Å²) in [4.78, 5) is 5.23. The molecular formula is C34H25NOS. The van der Waals surface area contributed by atoms with Crippen LogP contribution in [0.4, 0.5) is 0 Å². The second-order valence-electron chi connectivity index (χ2n) is 9.80. The van der Waals surface area contributed by atoms with Crippen LogP contribution in [0.15, 0.2) is 101 Å². The standard InChI is InChI=1S/C34H25NOS/c1-20-15-16-22(3)28(17-20)23-18-29(27-13-8-12-26-25-11-6-7-14-30(25)36-33(26)27)32-31(19-23)37-34(35-32)24-10-5-4-9-21(24)2/h4-19H,1-3H3. The Morgan fingerprint density at radius 1 is 0.622 bits per heavy atom. The summed E-state index contributed by atoms with van der Waals surface area (Å²) in [5.74, 6) is 0. The predicted octanol–water partition coefficient (Wildman–Crippen LogP) is 10.1. The zero-order valence-corrected chi connectivity index (χ0v) is 21.8. The molecule has 0 fully saturated rings. The molecule has 3 heteroatoms. The van der Waals surface area contributed by atoms with E-state index in [0.717, 1.165) is 43.6 Å². The van der Waals surface area contributed by atoms with Gasteiger partial charge in [0.2, 0.25) is 0 Å². The quantitative estimate of drug-likeness (QED) is 0.244. The van der Waals surface area contributed by atoms with Crippen molar-refractivity contribution in [1.29, 1.82) is 0 Å². The van der Waals surface area contributed by atoms with E-state index in [1.165, 1.54) is 38.1 Å². The van der Waals surface area contributed by atoms with E-state index >= 15 is 0 Å². The van der Waals surface area contributed by atoms with Crippen LogP contribution in [0.1, 0.15) is 16.7 Å². The molecule has 37 heavy (non-hydrogen) atoms. The van der Waals surface area contributed by atoms with Crippen molar-refractivity contribution < 1.29 is 4.42 Å². The molecule has 7 rings (SSSR count). The van der Waals surface area contributed by atoms with E-state index in [-0.39, 0.29) is 0 Å². The Balaban J connectivity index is 1.57. The summed E-state index contributed by atoms with van der Waals surface area (Å²) in [6, 6.07) is 34.5. The highest BCUT2D eigenvalue weighted by molar-refractivity contribution is 7.21.